The van der Waals surface area contributed by atoms with Crippen molar-refractivity contribution in [1.82, 2.24) is 0 Å². The van der Waals surface area contributed by atoms with Gasteiger partial charge in [0, 0.05) is 5.56 Å². The average Bonchev–Trinajstić information content (AvgIpc) is 2.31. The zero-order valence-electron chi connectivity index (χ0n) is 10.6. The van der Waals surface area contributed by atoms with E-state index in [1.165, 1.54) is 0 Å². The molecule has 1 rings (SSSR count). The molecule has 18 heavy (non-hydrogen) atoms. The standard InChI is InChI=1S/C13H22NO3.H2O/c15-9-6-14(7-10-16,8-11-17)12-13-4-2-1-3-5-13;/h1-5,15-17H,6-12H2;1H2/q+1;/p-1. The summed E-state index contributed by atoms with van der Waals surface area (Å²) in [5.41, 5.74) is 1.16. The Morgan fingerprint density at radius 1 is 0.778 bits per heavy atom. The first kappa shape index (κ1) is 17.0. The third-order valence-electron chi connectivity index (χ3n) is 3.08. The largest absolute Gasteiger partial charge is 0.870 e. The third kappa shape index (κ3) is 5.12. The van der Waals surface area contributed by atoms with E-state index in [0.29, 0.717) is 24.1 Å². The van der Waals surface area contributed by atoms with Gasteiger partial charge in [0.25, 0.3) is 0 Å². The van der Waals surface area contributed by atoms with Gasteiger partial charge in [0.2, 0.25) is 0 Å². The first-order valence-corrected chi connectivity index (χ1v) is 5.98. The molecule has 0 amide bonds. The van der Waals surface area contributed by atoms with E-state index in [4.69, 9.17) is 15.3 Å². The maximum atomic E-state index is 9.15. The summed E-state index contributed by atoms with van der Waals surface area (Å²) in [5.74, 6) is 0. The summed E-state index contributed by atoms with van der Waals surface area (Å²) in [5, 5.41) is 27.5. The van der Waals surface area contributed by atoms with Crippen LogP contribution in [0.1, 0.15) is 5.56 Å². The Kier molecular flexibility index (Phi) is 8.53. The van der Waals surface area contributed by atoms with Gasteiger partial charge in [0.15, 0.2) is 0 Å². The molecule has 0 heterocycles. The summed E-state index contributed by atoms with van der Waals surface area (Å²) < 4.78 is 0.521. The SMILES string of the molecule is OCC[N+](CCO)(CCO)Cc1ccccc1.[OH-]. The number of aliphatic hydroxyl groups excluding tert-OH is 3. The van der Waals surface area contributed by atoms with Crippen molar-refractivity contribution >= 4 is 0 Å². The maximum absolute atomic E-state index is 9.15. The van der Waals surface area contributed by atoms with E-state index in [1.54, 1.807) is 0 Å². The minimum atomic E-state index is 0. The molecule has 104 valence electrons. The second-order valence-electron chi connectivity index (χ2n) is 4.33. The molecule has 0 aliphatic rings. The Morgan fingerprint density at radius 3 is 1.61 bits per heavy atom. The highest BCUT2D eigenvalue weighted by Gasteiger charge is 2.26. The molecule has 0 aliphatic heterocycles. The van der Waals surface area contributed by atoms with E-state index in [9.17, 15) is 0 Å². The molecule has 0 aliphatic carbocycles. The molecule has 4 N–H and O–H groups in total. The Balaban J connectivity index is 0.00000289. The molecule has 5 heteroatoms. The fourth-order valence-corrected chi connectivity index (χ4v) is 2.18. The van der Waals surface area contributed by atoms with Crippen LogP contribution in [0.3, 0.4) is 0 Å². The second kappa shape index (κ2) is 9.02. The Morgan fingerprint density at radius 2 is 1.22 bits per heavy atom. The van der Waals surface area contributed by atoms with Gasteiger partial charge < -0.3 is 25.3 Å². The predicted octanol–water partition coefficient (Wildman–Crippen LogP) is -0.197. The smallest absolute Gasteiger partial charge is 0.105 e. The molecule has 0 radical (unpaired) electrons. The van der Waals surface area contributed by atoms with Crippen molar-refractivity contribution < 1.29 is 25.3 Å². The highest BCUT2D eigenvalue weighted by Crippen LogP contribution is 2.13. The van der Waals surface area contributed by atoms with Gasteiger partial charge in [0.1, 0.15) is 26.2 Å². The summed E-state index contributed by atoms with van der Waals surface area (Å²) in [4.78, 5) is 0. The van der Waals surface area contributed by atoms with Crippen molar-refractivity contribution in [2.24, 2.45) is 0 Å². The molecule has 0 atom stereocenters. The molecule has 1 aromatic rings. The van der Waals surface area contributed by atoms with Gasteiger partial charge in [-0.1, -0.05) is 30.3 Å². The molecule has 0 aromatic heterocycles. The second-order valence-corrected chi connectivity index (χ2v) is 4.33. The fraction of sp³-hybridized carbons (Fsp3) is 0.538. The molecule has 0 saturated carbocycles. The van der Waals surface area contributed by atoms with E-state index >= 15 is 0 Å². The Hall–Kier alpha value is -0.980. The summed E-state index contributed by atoms with van der Waals surface area (Å²) >= 11 is 0. The van der Waals surface area contributed by atoms with E-state index < -0.39 is 0 Å². The minimum absolute atomic E-state index is 0. The van der Waals surface area contributed by atoms with Crippen LogP contribution in [-0.2, 0) is 6.54 Å². The van der Waals surface area contributed by atoms with Crippen LogP contribution in [0.25, 0.3) is 0 Å². The van der Waals surface area contributed by atoms with Gasteiger partial charge in [-0.05, 0) is 0 Å². The predicted molar refractivity (Wildman–Crippen MR) is 68.2 cm³/mol. The number of hydrogen-bond acceptors (Lipinski definition) is 4. The van der Waals surface area contributed by atoms with Crippen LogP contribution < -0.4 is 0 Å². The van der Waals surface area contributed by atoms with Crippen LogP contribution in [0.15, 0.2) is 30.3 Å². The molecule has 5 nitrogen and oxygen atoms in total. The van der Waals surface area contributed by atoms with Crippen LogP contribution >= 0.6 is 0 Å². The zero-order chi connectivity index (χ0) is 12.6. The number of benzene rings is 1. The van der Waals surface area contributed by atoms with E-state index in [0.717, 1.165) is 12.1 Å². The molecule has 0 saturated heterocycles. The van der Waals surface area contributed by atoms with Crippen LogP contribution in [0.2, 0.25) is 0 Å². The number of nitrogens with zero attached hydrogens (tertiary/aromatic N) is 1. The first-order valence-electron chi connectivity index (χ1n) is 5.98. The van der Waals surface area contributed by atoms with E-state index in [1.807, 2.05) is 30.3 Å². The number of aliphatic hydroxyl groups is 3. The van der Waals surface area contributed by atoms with Gasteiger partial charge in [0.05, 0.1) is 19.8 Å². The van der Waals surface area contributed by atoms with Crippen molar-refractivity contribution in [3.05, 3.63) is 35.9 Å². The molecule has 0 fully saturated rings. The molecule has 0 bridgehead atoms. The lowest BCUT2D eigenvalue weighted by molar-refractivity contribution is -0.941. The highest BCUT2D eigenvalue weighted by molar-refractivity contribution is 5.13. The van der Waals surface area contributed by atoms with Crippen LogP contribution in [-0.4, -0.2) is 64.7 Å². The van der Waals surface area contributed by atoms with Gasteiger partial charge in [-0.3, -0.25) is 0 Å². The minimum Gasteiger partial charge on any atom is -0.870 e. The fourth-order valence-electron chi connectivity index (χ4n) is 2.18. The Labute approximate surface area is 108 Å². The first-order chi connectivity index (χ1) is 8.26. The molecular weight excluding hydrogens is 234 g/mol. The van der Waals surface area contributed by atoms with E-state index in [2.05, 4.69) is 0 Å². The maximum Gasteiger partial charge on any atom is 0.105 e. The van der Waals surface area contributed by atoms with Crippen LogP contribution in [0, 0.1) is 0 Å². The van der Waals surface area contributed by atoms with Gasteiger partial charge >= 0.3 is 0 Å². The molecular formula is C13H23NO4. The van der Waals surface area contributed by atoms with Crippen molar-refractivity contribution in [3.8, 4) is 0 Å². The van der Waals surface area contributed by atoms with Crippen molar-refractivity contribution in [2.45, 2.75) is 6.54 Å². The van der Waals surface area contributed by atoms with E-state index in [-0.39, 0.29) is 25.3 Å². The van der Waals surface area contributed by atoms with Gasteiger partial charge in [-0.2, -0.15) is 0 Å². The van der Waals surface area contributed by atoms with Crippen LogP contribution in [0.5, 0.6) is 0 Å². The molecule has 1 aromatic carbocycles. The average molecular weight is 257 g/mol. The number of rotatable bonds is 8. The number of quaternary nitrogens is 1. The van der Waals surface area contributed by atoms with Crippen molar-refractivity contribution in [3.63, 3.8) is 0 Å². The third-order valence-corrected chi connectivity index (χ3v) is 3.08. The van der Waals surface area contributed by atoms with Gasteiger partial charge in [-0.25, -0.2) is 0 Å². The summed E-state index contributed by atoms with van der Waals surface area (Å²) in [6.45, 7) is 2.57. The van der Waals surface area contributed by atoms with Crippen molar-refractivity contribution in [2.75, 3.05) is 39.5 Å². The monoisotopic (exact) mass is 257 g/mol. The molecule has 0 spiro atoms. The van der Waals surface area contributed by atoms with Crippen LogP contribution in [0.4, 0.5) is 0 Å². The zero-order valence-corrected chi connectivity index (χ0v) is 10.6. The lowest BCUT2D eigenvalue weighted by Gasteiger charge is -2.37. The topological polar surface area (TPSA) is 90.7 Å². The number of hydrogen-bond donors (Lipinski definition) is 3. The van der Waals surface area contributed by atoms with Gasteiger partial charge in [-0.15, -0.1) is 0 Å². The normalized spacial score (nSPS) is 11.1. The molecule has 0 unspecified atom stereocenters. The summed E-state index contributed by atoms with van der Waals surface area (Å²) in [6, 6.07) is 9.96. The lowest BCUT2D eigenvalue weighted by Crippen LogP contribution is -2.52. The van der Waals surface area contributed by atoms with Crippen molar-refractivity contribution in [1.29, 1.82) is 0 Å². The highest BCUT2D eigenvalue weighted by atomic mass is 16.3. The lowest BCUT2D eigenvalue weighted by atomic mass is 10.1. The quantitative estimate of drug-likeness (QED) is 0.563. The Bertz CT molecular complexity index is 288. The summed E-state index contributed by atoms with van der Waals surface area (Å²) in [7, 11) is 0. The summed E-state index contributed by atoms with van der Waals surface area (Å²) in [6.07, 6.45) is 0.